The van der Waals surface area contributed by atoms with Crippen LogP contribution in [0.5, 0.6) is 0 Å². The van der Waals surface area contributed by atoms with Crippen molar-refractivity contribution in [1.29, 1.82) is 0 Å². The van der Waals surface area contributed by atoms with Gasteiger partial charge in [-0.05, 0) is 41.6 Å². The molecule has 0 aliphatic heterocycles. The Labute approximate surface area is 113 Å². The Kier molecular flexibility index (Phi) is 2.83. The average Bonchev–Trinajstić information content (AvgIpc) is 2.95. The van der Waals surface area contributed by atoms with Crippen molar-refractivity contribution in [2.24, 2.45) is 0 Å². The minimum Gasteiger partial charge on any atom is -0.367 e. The summed E-state index contributed by atoms with van der Waals surface area (Å²) in [5.74, 6) is -0.111. The minimum absolute atomic E-state index is 0.202. The van der Waals surface area contributed by atoms with E-state index in [1.54, 1.807) is 23.5 Å². The molecule has 0 saturated heterocycles. The molecule has 0 radical (unpaired) electrons. The third-order valence-corrected chi connectivity index (χ3v) is 3.93. The molecule has 96 valence electrons. The van der Waals surface area contributed by atoms with Crippen LogP contribution in [0.15, 0.2) is 40.2 Å². The number of nitrogens with two attached hydrogens (primary N) is 1. The van der Waals surface area contributed by atoms with Crippen LogP contribution in [0.2, 0.25) is 0 Å². The highest BCUT2D eigenvalue weighted by atomic mass is 32.1. The smallest absolute Gasteiger partial charge is 0.230 e. The first-order valence-electron chi connectivity index (χ1n) is 5.72. The molecule has 3 nitrogen and oxygen atoms in total. The molecule has 0 aliphatic carbocycles. The van der Waals surface area contributed by atoms with Crippen LogP contribution in [0.4, 0.5) is 10.3 Å². The highest BCUT2D eigenvalue weighted by molar-refractivity contribution is 7.13. The normalized spacial score (nSPS) is 10.8. The van der Waals surface area contributed by atoms with Crippen molar-refractivity contribution < 1.29 is 8.91 Å². The second-order valence-corrected chi connectivity index (χ2v) is 5.13. The molecule has 0 saturated carbocycles. The molecule has 19 heavy (non-hydrogen) atoms. The van der Waals surface area contributed by atoms with Crippen LogP contribution in [0, 0.1) is 12.7 Å². The van der Waals surface area contributed by atoms with Crippen LogP contribution in [-0.2, 0) is 0 Å². The lowest BCUT2D eigenvalue weighted by Gasteiger charge is -2.02. The summed E-state index contributed by atoms with van der Waals surface area (Å²) in [6.07, 6.45) is 0. The van der Waals surface area contributed by atoms with Crippen LogP contribution >= 0.6 is 11.3 Å². The van der Waals surface area contributed by atoms with E-state index >= 15 is 0 Å². The standard InChI is InChI=1S/C14H11FN2OS/c1-8-5-6-19-13(8)12-11(14(16)18-17-12)9-3-2-4-10(15)7-9/h2-7H,16H2,1H3. The van der Waals surface area contributed by atoms with Crippen molar-refractivity contribution in [2.75, 3.05) is 5.73 Å². The molecule has 3 rings (SSSR count). The van der Waals surface area contributed by atoms with Gasteiger partial charge in [-0.1, -0.05) is 17.3 Å². The zero-order valence-corrected chi connectivity index (χ0v) is 11.0. The van der Waals surface area contributed by atoms with E-state index in [9.17, 15) is 4.39 Å². The molecule has 0 unspecified atom stereocenters. The van der Waals surface area contributed by atoms with Crippen LogP contribution in [0.3, 0.4) is 0 Å². The van der Waals surface area contributed by atoms with Gasteiger partial charge in [0.25, 0.3) is 0 Å². The maximum atomic E-state index is 13.4. The van der Waals surface area contributed by atoms with Crippen LogP contribution in [-0.4, -0.2) is 5.16 Å². The Morgan fingerprint density at radius 3 is 2.84 bits per heavy atom. The predicted octanol–water partition coefficient (Wildman–Crippen LogP) is 4.10. The van der Waals surface area contributed by atoms with E-state index in [4.69, 9.17) is 10.3 Å². The fourth-order valence-electron chi connectivity index (χ4n) is 2.00. The average molecular weight is 274 g/mol. The van der Waals surface area contributed by atoms with E-state index in [1.165, 1.54) is 12.1 Å². The maximum absolute atomic E-state index is 13.4. The van der Waals surface area contributed by atoms with Gasteiger partial charge in [0.05, 0.1) is 10.4 Å². The second-order valence-electron chi connectivity index (χ2n) is 4.21. The monoisotopic (exact) mass is 274 g/mol. The summed E-state index contributed by atoms with van der Waals surface area (Å²) >= 11 is 1.56. The van der Waals surface area contributed by atoms with Gasteiger partial charge in [0, 0.05) is 0 Å². The Bertz CT molecular complexity index is 733. The van der Waals surface area contributed by atoms with Gasteiger partial charge in [0.1, 0.15) is 11.5 Å². The van der Waals surface area contributed by atoms with Crippen LogP contribution in [0.25, 0.3) is 21.7 Å². The Morgan fingerprint density at radius 1 is 1.32 bits per heavy atom. The number of hydrogen-bond donors (Lipinski definition) is 1. The van der Waals surface area contributed by atoms with Gasteiger partial charge in [-0.25, -0.2) is 4.39 Å². The van der Waals surface area contributed by atoms with E-state index in [2.05, 4.69) is 5.16 Å². The number of aryl methyl sites for hydroxylation is 1. The molecule has 0 amide bonds. The van der Waals surface area contributed by atoms with Crippen molar-refractivity contribution in [3.63, 3.8) is 0 Å². The number of thiophene rings is 1. The molecule has 0 bridgehead atoms. The molecule has 3 aromatic rings. The summed E-state index contributed by atoms with van der Waals surface area (Å²) < 4.78 is 18.4. The van der Waals surface area contributed by atoms with Gasteiger partial charge in [-0.15, -0.1) is 11.3 Å². The zero-order chi connectivity index (χ0) is 13.4. The summed E-state index contributed by atoms with van der Waals surface area (Å²) in [4.78, 5) is 0.986. The lowest BCUT2D eigenvalue weighted by molar-refractivity contribution is 0.439. The lowest BCUT2D eigenvalue weighted by atomic mass is 10.0. The van der Waals surface area contributed by atoms with E-state index < -0.39 is 0 Å². The van der Waals surface area contributed by atoms with Crippen molar-refractivity contribution in [1.82, 2.24) is 5.16 Å². The number of benzene rings is 1. The van der Waals surface area contributed by atoms with Crippen LogP contribution < -0.4 is 5.73 Å². The number of nitrogens with zero attached hydrogens (tertiary/aromatic N) is 1. The van der Waals surface area contributed by atoms with Crippen LogP contribution in [0.1, 0.15) is 5.56 Å². The molecular formula is C14H11FN2OS. The van der Waals surface area contributed by atoms with E-state index in [0.717, 1.165) is 10.4 Å². The molecule has 1 aromatic carbocycles. The number of hydrogen-bond acceptors (Lipinski definition) is 4. The van der Waals surface area contributed by atoms with E-state index in [0.29, 0.717) is 16.8 Å². The molecule has 0 spiro atoms. The second kappa shape index (κ2) is 4.51. The molecule has 0 atom stereocenters. The number of rotatable bonds is 2. The van der Waals surface area contributed by atoms with Crippen molar-refractivity contribution >= 4 is 17.2 Å². The van der Waals surface area contributed by atoms with Gasteiger partial charge in [-0.3, -0.25) is 0 Å². The first-order valence-corrected chi connectivity index (χ1v) is 6.60. The largest absolute Gasteiger partial charge is 0.367 e. The molecule has 2 heterocycles. The quantitative estimate of drug-likeness (QED) is 0.765. The fourth-order valence-corrected chi connectivity index (χ4v) is 2.91. The van der Waals surface area contributed by atoms with E-state index in [1.807, 2.05) is 18.4 Å². The summed E-state index contributed by atoms with van der Waals surface area (Å²) in [5, 5.41) is 5.99. The number of anilines is 1. The first-order chi connectivity index (χ1) is 9.16. The highest BCUT2D eigenvalue weighted by Gasteiger charge is 2.19. The number of aromatic nitrogens is 1. The minimum atomic E-state index is -0.313. The molecule has 2 aromatic heterocycles. The summed E-state index contributed by atoms with van der Waals surface area (Å²) in [6, 6.07) is 8.25. The highest BCUT2D eigenvalue weighted by Crippen LogP contribution is 2.39. The molecule has 0 fully saturated rings. The van der Waals surface area contributed by atoms with Gasteiger partial charge >= 0.3 is 0 Å². The van der Waals surface area contributed by atoms with Gasteiger partial charge in [-0.2, -0.15) is 0 Å². The van der Waals surface area contributed by atoms with Gasteiger partial charge in [0.15, 0.2) is 0 Å². The predicted molar refractivity (Wildman–Crippen MR) is 74.4 cm³/mol. The fraction of sp³-hybridized carbons (Fsp3) is 0.0714. The third kappa shape index (κ3) is 2.02. The SMILES string of the molecule is Cc1ccsc1-c1noc(N)c1-c1cccc(F)c1. The Balaban J connectivity index is 2.22. The topological polar surface area (TPSA) is 52.0 Å². The summed E-state index contributed by atoms with van der Waals surface area (Å²) in [7, 11) is 0. The summed E-state index contributed by atoms with van der Waals surface area (Å²) in [6.45, 7) is 1.99. The number of halogens is 1. The molecule has 2 N–H and O–H groups in total. The third-order valence-electron chi connectivity index (χ3n) is 2.91. The van der Waals surface area contributed by atoms with E-state index in [-0.39, 0.29) is 11.7 Å². The molecular weight excluding hydrogens is 263 g/mol. The van der Waals surface area contributed by atoms with Crippen molar-refractivity contribution in [3.8, 4) is 21.7 Å². The lowest BCUT2D eigenvalue weighted by Crippen LogP contribution is -1.88. The Morgan fingerprint density at radius 2 is 2.16 bits per heavy atom. The van der Waals surface area contributed by atoms with Gasteiger partial charge in [0.2, 0.25) is 5.88 Å². The van der Waals surface area contributed by atoms with Gasteiger partial charge < -0.3 is 10.3 Å². The first kappa shape index (κ1) is 11.9. The van der Waals surface area contributed by atoms with Crippen molar-refractivity contribution in [2.45, 2.75) is 6.92 Å². The molecule has 0 aliphatic rings. The maximum Gasteiger partial charge on any atom is 0.230 e. The zero-order valence-electron chi connectivity index (χ0n) is 10.2. The Hall–Kier alpha value is -2.14. The number of nitrogen functional groups attached to an aromatic ring is 1. The van der Waals surface area contributed by atoms with Crippen molar-refractivity contribution in [3.05, 3.63) is 47.1 Å². The molecule has 5 heteroatoms. The summed E-state index contributed by atoms with van der Waals surface area (Å²) in [5.41, 5.74) is 8.90.